The second-order valence-electron chi connectivity index (χ2n) is 2.74. The highest BCUT2D eigenvalue weighted by Gasteiger charge is 2.10. The number of allylic oxidation sites excluding steroid dienone is 2. The Bertz CT molecular complexity index is 314. The Hall–Kier alpha value is -1.03. The van der Waals surface area contributed by atoms with Crippen LogP contribution in [0.25, 0.3) is 0 Å². The van der Waals surface area contributed by atoms with Gasteiger partial charge in [-0.2, -0.15) is 0 Å². The lowest BCUT2D eigenvalue weighted by Crippen LogP contribution is -2.02. The molecule has 0 rings (SSSR count). The molecule has 0 amide bonds. The van der Waals surface area contributed by atoms with Gasteiger partial charge in [-0.1, -0.05) is 43.3 Å². The molecule has 92 valence electrons. The van der Waals surface area contributed by atoms with Gasteiger partial charge in [0.05, 0.1) is 5.57 Å². The van der Waals surface area contributed by atoms with Crippen LogP contribution < -0.4 is 0 Å². The first-order valence-electron chi connectivity index (χ1n) is 5.08. The Balaban J connectivity index is 0. The summed E-state index contributed by atoms with van der Waals surface area (Å²) in [6, 6.07) is 0. The molecule has 0 spiro atoms. The van der Waals surface area contributed by atoms with E-state index in [9.17, 15) is 4.79 Å². The van der Waals surface area contributed by atoms with Crippen LogP contribution in [0, 0.1) is 0 Å². The van der Waals surface area contributed by atoms with Gasteiger partial charge >= 0.3 is 5.97 Å². The zero-order chi connectivity index (χ0) is 13.3. The van der Waals surface area contributed by atoms with Crippen LogP contribution in [0.1, 0.15) is 34.1 Å². The largest absolute Gasteiger partial charge is 0.508 e. The average Bonchev–Trinajstić information content (AvgIpc) is 2.26. The summed E-state index contributed by atoms with van der Waals surface area (Å²) in [5.74, 6) is -1.31. The van der Waals surface area contributed by atoms with Crippen LogP contribution in [0.3, 0.4) is 0 Å². The summed E-state index contributed by atoms with van der Waals surface area (Å²) in [4.78, 5) is 10.8. The predicted octanol–water partition coefficient (Wildman–Crippen LogP) is 4.17. The fourth-order valence-electron chi connectivity index (χ4n) is 0.745. The van der Waals surface area contributed by atoms with Crippen molar-refractivity contribution < 1.29 is 15.0 Å². The summed E-state index contributed by atoms with van der Waals surface area (Å²) in [6.45, 7) is 10.7. The first-order chi connectivity index (χ1) is 7.40. The van der Waals surface area contributed by atoms with E-state index in [1.807, 2.05) is 20.8 Å². The Morgan fingerprint density at radius 3 is 2.06 bits per heavy atom. The van der Waals surface area contributed by atoms with E-state index in [0.29, 0.717) is 6.42 Å². The summed E-state index contributed by atoms with van der Waals surface area (Å²) in [5.41, 5.74) is 0.314. The lowest BCUT2D eigenvalue weighted by Gasteiger charge is -2.03. The molecule has 0 aromatic rings. The standard InChI is InChI=1S/C10H13BrO3.C2H6/c1-4-8(11)5-9(10(13)14)6(2)7(3)12;1-2/h5,12H,3-4H2,1-2H3,(H,13,14);1-2H3/b8-5+,9-6+;. The molecule has 0 aromatic carbocycles. The van der Waals surface area contributed by atoms with E-state index >= 15 is 0 Å². The van der Waals surface area contributed by atoms with Gasteiger partial charge in [0.1, 0.15) is 5.76 Å². The highest BCUT2D eigenvalue weighted by atomic mass is 79.9. The molecule has 0 unspecified atom stereocenters. The van der Waals surface area contributed by atoms with Gasteiger partial charge in [-0.3, -0.25) is 0 Å². The molecular weight excluding hydrogens is 272 g/mol. The van der Waals surface area contributed by atoms with Crippen molar-refractivity contribution in [1.82, 2.24) is 0 Å². The fourth-order valence-corrected chi connectivity index (χ4v) is 0.973. The van der Waals surface area contributed by atoms with Crippen LogP contribution in [0.15, 0.2) is 34.0 Å². The minimum Gasteiger partial charge on any atom is -0.508 e. The van der Waals surface area contributed by atoms with Crippen molar-refractivity contribution in [3.8, 4) is 0 Å². The Labute approximate surface area is 105 Å². The maximum absolute atomic E-state index is 10.8. The van der Waals surface area contributed by atoms with E-state index in [-0.39, 0.29) is 16.9 Å². The van der Waals surface area contributed by atoms with Gasteiger partial charge in [-0.05, 0) is 23.9 Å². The van der Waals surface area contributed by atoms with Crippen molar-refractivity contribution in [2.75, 3.05) is 0 Å². The average molecular weight is 291 g/mol. The zero-order valence-electron chi connectivity index (χ0n) is 10.2. The number of aliphatic hydroxyl groups excluding tert-OH is 1. The quantitative estimate of drug-likeness (QED) is 0.464. The van der Waals surface area contributed by atoms with Gasteiger partial charge in [0.15, 0.2) is 0 Å². The molecule has 0 fully saturated rings. The van der Waals surface area contributed by atoms with Crippen LogP contribution in [-0.2, 0) is 4.79 Å². The molecule has 4 heteroatoms. The fraction of sp³-hybridized carbons (Fsp3) is 0.417. The van der Waals surface area contributed by atoms with Crippen molar-refractivity contribution in [2.45, 2.75) is 34.1 Å². The Morgan fingerprint density at radius 1 is 1.38 bits per heavy atom. The maximum Gasteiger partial charge on any atom is 0.336 e. The molecule has 0 saturated heterocycles. The lowest BCUT2D eigenvalue weighted by atomic mass is 10.1. The third-order valence-corrected chi connectivity index (χ3v) is 2.50. The van der Waals surface area contributed by atoms with Gasteiger partial charge in [0.2, 0.25) is 0 Å². The van der Waals surface area contributed by atoms with E-state index in [4.69, 9.17) is 10.2 Å². The van der Waals surface area contributed by atoms with Gasteiger partial charge in [-0.15, -0.1) is 0 Å². The molecular formula is C12H19BrO3. The second kappa shape index (κ2) is 9.21. The van der Waals surface area contributed by atoms with Gasteiger partial charge < -0.3 is 10.2 Å². The highest BCUT2D eigenvalue weighted by Crippen LogP contribution is 2.18. The summed E-state index contributed by atoms with van der Waals surface area (Å²) < 4.78 is 0.760. The van der Waals surface area contributed by atoms with Gasteiger partial charge in [0, 0.05) is 5.57 Å². The monoisotopic (exact) mass is 290 g/mol. The van der Waals surface area contributed by atoms with Gasteiger partial charge in [-0.25, -0.2) is 4.79 Å². The van der Waals surface area contributed by atoms with E-state index < -0.39 is 5.97 Å². The van der Waals surface area contributed by atoms with Crippen molar-refractivity contribution in [3.05, 3.63) is 34.0 Å². The normalized spacial score (nSPS) is 12.2. The third kappa shape index (κ3) is 6.45. The topological polar surface area (TPSA) is 57.5 Å². The highest BCUT2D eigenvalue weighted by molar-refractivity contribution is 9.11. The molecule has 0 bridgehead atoms. The number of carboxylic acid groups (broad SMARTS) is 1. The second-order valence-corrected chi connectivity index (χ2v) is 3.75. The Morgan fingerprint density at radius 2 is 1.81 bits per heavy atom. The SMILES string of the molecule is C=C(O)/C(C)=C(\C=C(\Br)CC)C(=O)O.CC. The Kier molecular flexibility index (Phi) is 10.0. The van der Waals surface area contributed by atoms with Gasteiger partial charge in [0.25, 0.3) is 0 Å². The number of hydrogen-bond acceptors (Lipinski definition) is 2. The lowest BCUT2D eigenvalue weighted by molar-refractivity contribution is -0.132. The number of carbonyl (C=O) groups is 1. The zero-order valence-corrected chi connectivity index (χ0v) is 11.8. The molecule has 0 aliphatic heterocycles. The molecule has 3 nitrogen and oxygen atoms in total. The molecule has 0 radical (unpaired) electrons. The smallest absolute Gasteiger partial charge is 0.336 e. The molecule has 2 N–H and O–H groups in total. The first kappa shape index (κ1) is 17.4. The third-order valence-electron chi connectivity index (χ3n) is 1.71. The molecule has 0 aliphatic rings. The maximum atomic E-state index is 10.8. The molecule has 0 atom stereocenters. The first-order valence-corrected chi connectivity index (χ1v) is 5.87. The summed E-state index contributed by atoms with van der Waals surface area (Å²) in [7, 11) is 0. The van der Waals surface area contributed by atoms with Crippen LogP contribution in [0.4, 0.5) is 0 Å². The minimum atomic E-state index is -1.08. The molecule has 0 aliphatic carbocycles. The van der Waals surface area contributed by atoms with Crippen LogP contribution in [0.5, 0.6) is 0 Å². The van der Waals surface area contributed by atoms with Crippen molar-refractivity contribution in [3.63, 3.8) is 0 Å². The predicted molar refractivity (Wildman–Crippen MR) is 70.8 cm³/mol. The number of carboxylic acids is 1. The van der Waals surface area contributed by atoms with Crippen molar-refractivity contribution >= 4 is 21.9 Å². The summed E-state index contributed by atoms with van der Waals surface area (Å²) in [6.07, 6.45) is 2.17. The molecule has 16 heavy (non-hydrogen) atoms. The van der Waals surface area contributed by atoms with Crippen LogP contribution in [0.2, 0.25) is 0 Å². The molecule has 0 heterocycles. The number of aliphatic carboxylic acids is 1. The number of halogens is 1. The summed E-state index contributed by atoms with van der Waals surface area (Å²) >= 11 is 3.22. The van der Waals surface area contributed by atoms with Crippen molar-refractivity contribution in [2.24, 2.45) is 0 Å². The minimum absolute atomic E-state index is 0.0474. The van der Waals surface area contributed by atoms with Crippen LogP contribution in [-0.4, -0.2) is 16.2 Å². The van der Waals surface area contributed by atoms with E-state index in [1.54, 1.807) is 0 Å². The van der Waals surface area contributed by atoms with E-state index in [0.717, 1.165) is 4.48 Å². The number of aliphatic hydroxyl groups is 1. The summed E-state index contributed by atoms with van der Waals surface area (Å²) in [5, 5.41) is 17.9. The van der Waals surface area contributed by atoms with Crippen LogP contribution >= 0.6 is 15.9 Å². The molecule has 0 aromatic heterocycles. The van der Waals surface area contributed by atoms with E-state index in [2.05, 4.69) is 22.5 Å². The van der Waals surface area contributed by atoms with E-state index in [1.165, 1.54) is 13.0 Å². The number of rotatable bonds is 4. The molecule has 0 saturated carbocycles. The van der Waals surface area contributed by atoms with Crippen molar-refractivity contribution in [1.29, 1.82) is 0 Å². The number of hydrogen-bond donors (Lipinski definition) is 2.